The molecule has 0 bridgehead atoms. The third-order valence-electron chi connectivity index (χ3n) is 2.66. The number of aliphatic hydroxyl groups excluding tert-OH is 1. The minimum Gasteiger partial charge on any atom is -0.444 e. The molecule has 1 atom stereocenters. The minimum atomic E-state index is -0.596. The number of amides is 1. The van der Waals surface area contributed by atoms with E-state index in [1.54, 1.807) is 39.8 Å². The Balaban J connectivity index is 2.78. The summed E-state index contributed by atoms with van der Waals surface area (Å²) in [5.41, 5.74) is 0.602. The van der Waals surface area contributed by atoms with E-state index in [9.17, 15) is 9.18 Å². The molecule has 0 spiro atoms. The van der Waals surface area contributed by atoms with Crippen LogP contribution in [0.15, 0.2) is 18.2 Å². The van der Waals surface area contributed by atoms with Crippen LogP contribution in [-0.2, 0) is 11.2 Å². The predicted octanol–water partition coefficient (Wildman–Crippen LogP) is 2.95. The molecular weight excluding hydrogens is 261 g/mol. The summed E-state index contributed by atoms with van der Waals surface area (Å²) >= 11 is 0. The first-order valence-electron chi connectivity index (χ1n) is 6.61. The van der Waals surface area contributed by atoms with Gasteiger partial charge in [0.05, 0.1) is 6.04 Å². The van der Waals surface area contributed by atoms with E-state index in [-0.39, 0.29) is 6.61 Å². The second-order valence-electron chi connectivity index (χ2n) is 5.70. The summed E-state index contributed by atoms with van der Waals surface area (Å²) in [6.45, 7) is 6.98. The Hall–Kier alpha value is -1.62. The van der Waals surface area contributed by atoms with Crippen LogP contribution in [0.2, 0.25) is 0 Å². The lowest BCUT2D eigenvalue weighted by atomic mass is 10.0. The van der Waals surface area contributed by atoms with Crippen molar-refractivity contribution in [3.8, 4) is 0 Å². The topological polar surface area (TPSA) is 58.6 Å². The molecule has 0 saturated carbocycles. The lowest BCUT2D eigenvalue weighted by Gasteiger charge is -2.22. The van der Waals surface area contributed by atoms with Crippen molar-refractivity contribution in [2.75, 3.05) is 6.61 Å². The van der Waals surface area contributed by atoms with Crippen LogP contribution in [0.25, 0.3) is 0 Å². The van der Waals surface area contributed by atoms with Crippen molar-refractivity contribution >= 4 is 6.09 Å². The zero-order valence-electron chi connectivity index (χ0n) is 12.4. The van der Waals surface area contributed by atoms with Gasteiger partial charge in [0.2, 0.25) is 0 Å². The number of carbonyl (C=O) groups is 1. The summed E-state index contributed by atoms with van der Waals surface area (Å²) in [4.78, 5) is 11.7. The zero-order valence-corrected chi connectivity index (χ0v) is 12.4. The van der Waals surface area contributed by atoms with Gasteiger partial charge in [0, 0.05) is 12.2 Å². The Labute approximate surface area is 119 Å². The molecule has 1 aromatic rings. The van der Waals surface area contributed by atoms with E-state index < -0.39 is 23.6 Å². The van der Waals surface area contributed by atoms with Crippen molar-refractivity contribution in [1.29, 1.82) is 0 Å². The van der Waals surface area contributed by atoms with Crippen LogP contribution in [0.1, 0.15) is 44.9 Å². The Morgan fingerprint density at radius 1 is 1.45 bits per heavy atom. The van der Waals surface area contributed by atoms with Gasteiger partial charge >= 0.3 is 6.09 Å². The van der Waals surface area contributed by atoms with Crippen LogP contribution >= 0.6 is 0 Å². The van der Waals surface area contributed by atoms with Crippen molar-refractivity contribution in [2.24, 2.45) is 0 Å². The molecule has 0 aromatic heterocycles. The summed E-state index contributed by atoms with van der Waals surface area (Å²) in [7, 11) is 0. The minimum absolute atomic E-state index is 0.00104. The van der Waals surface area contributed by atoms with Gasteiger partial charge in [0.15, 0.2) is 0 Å². The van der Waals surface area contributed by atoms with Crippen LogP contribution in [0, 0.1) is 5.82 Å². The molecule has 4 nitrogen and oxygen atoms in total. The molecule has 20 heavy (non-hydrogen) atoms. The lowest BCUT2D eigenvalue weighted by molar-refractivity contribution is 0.0507. The van der Waals surface area contributed by atoms with E-state index in [1.165, 1.54) is 6.07 Å². The fourth-order valence-corrected chi connectivity index (χ4v) is 1.77. The largest absolute Gasteiger partial charge is 0.444 e. The molecule has 0 saturated heterocycles. The van der Waals surface area contributed by atoms with Gasteiger partial charge in [-0.15, -0.1) is 0 Å². The second-order valence-corrected chi connectivity index (χ2v) is 5.70. The number of ether oxygens (including phenoxy) is 1. The molecule has 2 N–H and O–H groups in total. The van der Waals surface area contributed by atoms with Gasteiger partial charge in [-0.2, -0.15) is 0 Å². The Morgan fingerprint density at radius 3 is 2.65 bits per heavy atom. The summed E-state index contributed by atoms with van der Waals surface area (Å²) in [6.07, 6.45) is -0.135. The van der Waals surface area contributed by atoms with Crippen molar-refractivity contribution in [2.45, 2.75) is 45.8 Å². The van der Waals surface area contributed by atoms with Crippen LogP contribution in [0.3, 0.4) is 0 Å². The van der Waals surface area contributed by atoms with Crippen molar-refractivity contribution in [3.05, 3.63) is 35.1 Å². The van der Waals surface area contributed by atoms with Crippen molar-refractivity contribution < 1.29 is 19.0 Å². The van der Waals surface area contributed by atoms with E-state index in [0.717, 1.165) is 5.56 Å². The smallest absolute Gasteiger partial charge is 0.408 e. The zero-order chi connectivity index (χ0) is 15.3. The number of carbonyl (C=O) groups excluding carboxylic acids is 1. The molecule has 0 heterocycles. The van der Waals surface area contributed by atoms with Gasteiger partial charge in [0.1, 0.15) is 11.4 Å². The Kier molecular flexibility index (Phi) is 5.51. The molecule has 1 unspecified atom stereocenters. The first-order chi connectivity index (χ1) is 9.23. The molecule has 1 aromatic carbocycles. The number of hydrogen-bond donors (Lipinski definition) is 2. The number of benzene rings is 1. The van der Waals surface area contributed by atoms with E-state index in [4.69, 9.17) is 9.84 Å². The molecule has 112 valence electrons. The fraction of sp³-hybridized carbons (Fsp3) is 0.533. The molecule has 0 aliphatic rings. The number of nitrogens with one attached hydrogen (secondary N) is 1. The highest BCUT2D eigenvalue weighted by atomic mass is 19.1. The average Bonchev–Trinajstić information content (AvgIpc) is 2.29. The SMILES string of the molecule is CC(NC(=O)OC(C)(C)C)c1cc(CCO)ccc1F. The second kappa shape index (κ2) is 6.70. The van der Waals surface area contributed by atoms with E-state index in [1.807, 2.05) is 0 Å². The predicted molar refractivity (Wildman–Crippen MR) is 75.0 cm³/mol. The molecule has 1 amide bonds. The fourth-order valence-electron chi connectivity index (χ4n) is 1.77. The molecule has 1 rings (SSSR count). The Morgan fingerprint density at radius 2 is 2.10 bits per heavy atom. The first kappa shape index (κ1) is 16.4. The highest BCUT2D eigenvalue weighted by Gasteiger charge is 2.19. The summed E-state index contributed by atoms with van der Waals surface area (Å²) in [6, 6.07) is 4.10. The standard InChI is InChI=1S/C15H22FNO3/c1-10(17-14(19)20-15(2,3)4)12-9-11(7-8-18)5-6-13(12)16/h5-6,9-10,18H,7-8H2,1-4H3,(H,17,19). The highest BCUT2D eigenvalue weighted by Crippen LogP contribution is 2.19. The van der Waals surface area contributed by atoms with E-state index in [0.29, 0.717) is 12.0 Å². The first-order valence-corrected chi connectivity index (χ1v) is 6.61. The van der Waals surface area contributed by atoms with Gasteiger partial charge in [-0.25, -0.2) is 9.18 Å². The molecule has 5 heteroatoms. The summed E-state index contributed by atoms with van der Waals surface area (Å²) in [5, 5.41) is 11.5. The van der Waals surface area contributed by atoms with Crippen LogP contribution in [-0.4, -0.2) is 23.4 Å². The van der Waals surface area contributed by atoms with Gasteiger partial charge in [-0.3, -0.25) is 0 Å². The highest BCUT2D eigenvalue weighted by molar-refractivity contribution is 5.68. The third-order valence-corrected chi connectivity index (χ3v) is 2.66. The molecule has 0 radical (unpaired) electrons. The van der Waals surface area contributed by atoms with Crippen LogP contribution < -0.4 is 5.32 Å². The lowest BCUT2D eigenvalue weighted by Crippen LogP contribution is -2.34. The van der Waals surface area contributed by atoms with Crippen molar-refractivity contribution in [3.63, 3.8) is 0 Å². The van der Waals surface area contributed by atoms with Crippen LogP contribution in [0.4, 0.5) is 9.18 Å². The monoisotopic (exact) mass is 283 g/mol. The van der Waals surface area contributed by atoms with Crippen LogP contribution in [0.5, 0.6) is 0 Å². The Bertz CT molecular complexity index is 469. The maximum Gasteiger partial charge on any atom is 0.408 e. The summed E-state index contributed by atoms with van der Waals surface area (Å²) in [5.74, 6) is -0.393. The van der Waals surface area contributed by atoms with Gasteiger partial charge in [-0.05, 0) is 45.7 Å². The molecule has 0 aliphatic heterocycles. The quantitative estimate of drug-likeness (QED) is 0.893. The molecular formula is C15H22FNO3. The normalized spacial score (nSPS) is 12.9. The summed E-state index contributed by atoms with van der Waals surface area (Å²) < 4.78 is 18.9. The van der Waals surface area contributed by atoms with Gasteiger partial charge < -0.3 is 15.2 Å². The number of rotatable bonds is 4. The maximum absolute atomic E-state index is 13.8. The van der Waals surface area contributed by atoms with Gasteiger partial charge in [-0.1, -0.05) is 12.1 Å². The molecule has 0 aliphatic carbocycles. The average molecular weight is 283 g/mol. The number of halogens is 1. The number of alkyl carbamates (subject to hydrolysis) is 1. The van der Waals surface area contributed by atoms with E-state index in [2.05, 4.69) is 5.32 Å². The van der Waals surface area contributed by atoms with Gasteiger partial charge in [0.25, 0.3) is 0 Å². The number of aliphatic hydroxyl groups is 1. The number of hydrogen-bond acceptors (Lipinski definition) is 3. The third kappa shape index (κ3) is 5.17. The van der Waals surface area contributed by atoms with E-state index >= 15 is 0 Å². The van der Waals surface area contributed by atoms with Crippen molar-refractivity contribution in [1.82, 2.24) is 5.32 Å². The molecule has 0 fully saturated rings. The maximum atomic E-state index is 13.8.